The number of hydrogen-bond acceptors (Lipinski definition) is 4. The smallest absolute Gasteiger partial charge is 0.224 e. The number of carbonyl (C=O) groups is 1. The first-order valence-corrected chi connectivity index (χ1v) is 5.97. The summed E-state index contributed by atoms with van der Waals surface area (Å²) in [7, 11) is 0. The minimum Gasteiger partial charge on any atom is -0.350 e. The van der Waals surface area contributed by atoms with Gasteiger partial charge in [-0.05, 0) is 0 Å². The Bertz CT molecular complexity index is 470. The summed E-state index contributed by atoms with van der Waals surface area (Å²) in [6.07, 6.45) is 3.86. The van der Waals surface area contributed by atoms with Crippen molar-refractivity contribution in [3.05, 3.63) is 23.5 Å². The highest BCUT2D eigenvalue weighted by Gasteiger charge is 2.10. The van der Waals surface area contributed by atoms with Crippen molar-refractivity contribution in [3.8, 4) is 0 Å². The summed E-state index contributed by atoms with van der Waals surface area (Å²) in [4.78, 5) is 16.8. The minimum absolute atomic E-state index is 0. The number of rotatable bonds is 4. The molecule has 1 unspecified atom stereocenters. The molecular weight excluding hydrogens is 295 g/mol. The zero-order chi connectivity index (χ0) is 11.5. The zero-order valence-electron chi connectivity index (χ0n) is 9.83. The van der Waals surface area contributed by atoms with Crippen molar-refractivity contribution in [1.82, 2.24) is 14.7 Å². The van der Waals surface area contributed by atoms with Crippen LogP contribution in [0.3, 0.4) is 0 Å². The molecule has 1 atom stereocenters. The molecule has 0 aliphatic heterocycles. The van der Waals surface area contributed by atoms with Crippen molar-refractivity contribution in [3.63, 3.8) is 0 Å². The van der Waals surface area contributed by atoms with Gasteiger partial charge in [0.05, 0.1) is 12.2 Å². The Kier molecular flexibility index (Phi) is 7.23. The first kappa shape index (κ1) is 17.2. The molecule has 0 spiro atoms. The highest BCUT2D eigenvalue weighted by atomic mass is 35.5. The van der Waals surface area contributed by atoms with Crippen LogP contribution in [0.15, 0.2) is 17.8 Å². The number of nitrogens with zero attached hydrogens (tertiary/aromatic N) is 2. The SMILES string of the molecule is CC(CN)C(=O)NCc1cn2ccsc2n1.Cl.Cl. The van der Waals surface area contributed by atoms with E-state index in [2.05, 4.69) is 10.3 Å². The third kappa shape index (κ3) is 3.84. The monoisotopic (exact) mass is 310 g/mol. The lowest BCUT2D eigenvalue weighted by atomic mass is 10.2. The van der Waals surface area contributed by atoms with E-state index in [4.69, 9.17) is 5.73 Å². The normalized spacial score (nSPS) is 11.4. The third-order valence-corrected chi connectivity index (χ3v) is 3.16. The molecule has 5 nitrogen and oxygen atoms in total. The van der Waals surface area contributed by atoms with Gasteiger partial charge in [0.1, 0.15) is 0 Å². The molecule has 2 aromatic rings. The second-order valence-electron chi connectivity index (χ2n) is 3.68. The number of nitrogens with one attached hydrogen (secondary N) is 1. The first-order chi connectivity index (χ1) is 7.70. The van der Waals surface area contributed by atoms with Crippen LogP contribution in [0.4, 0.5) is 0 Å². The van der Waals surface area contributed by atoms with E-state index >= 15 is 0 Å². The quantitative estimate of drug-likeness (QED) is 0.897. The number of fused-ring (bicyclic) bond motifs is 1. The summed E-state index contributed by atoms with van der Waals surface area (Å²) in [5.74, 6) is -0.178. The summed E-state index contributed by atoms with van der Waals surface area (Å²) < 4.78 is 1.94. The van der Waals surface area contributed by atoms with Crippen molar-refractivity contribution in [2.45, 2.75) is 13.5 Å². The fourth-order valence-corrected chi connectivity index (χ4v) is 2.04. The molecule has 0 aliphatic rings. The molecule has 2 aromatic heterocycles. The largest absolute Gasteiger partial charge is 0.350 e. The molecule has 0 saturated heterocycles. The zero-order valence-corrected chi connectivity index (χ0v) is 12.3. The molecular formula is C10H16Cl2N4OS. The Labute approximate surface area is 122 Å². The maximum atomic E-state index is 11.5. The van der Waals surface area contributed by atoms with Crippen molar-refractivity contribution < 1.29 is 4.79 Å². The van der Waals surface area contributed by atoms with Crippen LogP contribution in [0, 0.1) is 5.92 Å². The topological polar surface area (TPSA) is 72.4 Å². The Morgan fingerprint density at radius 2 is 2.33 bits per heavy atom. The lowest BCUT2D eigenvalue weighted by Crippen LogP contribution is -2.32. The second-order valence-corrected chi connectivity index (χ2v) is 4.55. The van der Waals surface area contributed by atoms with Gasteiger partial charge in [-0.1, -0.05) is 6.92 Å². The molecule has 0 bridgehead atoms. The molecule has 1 amide bonds. The lowest BCUT2D eigenvalue weighted by molar-refractivity contribution is -0.124. The Morgan fingerprint density at radius 1 is 1.61 bits per heavy atom. The average molecular weight is 311 g/mol. The number of hydrogen-bond donors (Lipinski definition) is 2. The number of imidazole rings is 1. The van der Waals surface area contributed by atoms with E-state index < -0.39 is 0 Å². The van der Waals surface area contributed by atoms with E-state index in [1.807, 2.05) is 22.2 Å². The molecule has 0 radical (unpaired) electrons. The van der Waals surface area contributed by atoms with E-state index in [9.17, 15) is 4.79 Å². The van der Waals surface area contributed by atoms with Gasteiger partial charge in [-0.2, -0.15) is 0 Å². The van der Waals surface area contributed by atoms with Crippen LogP contribution >= 0.6 is 36.2 Å². The second kappa shape index (κ2) is 7.58. The molecule has 102 valence electrons. The van der Waals surface area contributed by atoms with Gasteiger partial charge in [-0.15, -0.1) is 36.2 Å². The summed E-state index contributed by atoms with van der Waals surface area (Å²) in [5, 5.41) is 4.78. The van der Waals surface area contributed by atoms with Crippen LogP contribution in [-0.2, 0) is 11.3 Å². The van der Waals surface area contributed by atoms with Crippen LogP contribution in [0.1, 0.15) is 12.6 Å². The molecule has 0 fully saturated rings. The van der Waals surface area contributed by atoms with Gasteiger partial charge in [0.25, 0.3) is 0 Å². The standard InChI is InChI=1S/C10H14N4OS.2ClH/c1-7(4-11)9(15)12-5-8-6-14-2-3-16-10(14)13-8;;/h2-3,6-7H,4-5,11H2,1H3,(H,12,15);2*1H. The maximum absolute atomic E-state index is 11.5. The molecule has 0 saturated carbocycles. The Morgan fingerprint density at radius 3 is 2.94 bits per heavy atom. The Balaban J connectivity index is 0.00000144. The predicted octanol–water partition coefficient (Wildman–Crippen LogP) is 1.45. The number of thiazole rings is 1. The molecule has 0 aromatic carbocycles. The van der Waals surface area contributed by atoms with E-state index in [1.54, 1.807) is 18.3 Å². The third-order valence-electron chi connectivity index (χ3n) is 2.39. The summed E-state index contributed by atoms with van der Waals surface area (Å²) >= 11 is 1.57. The van der Waals surface area contributed by atoms with Crippen molar-refractivity contribution in [1.29, 1.82) is 0 Å². The number of carbonyl (C=O) groups excluding carboxylic acids is 1. The van der Waals surface area contributed by atoms with Gasteiger partial charge in [0.2, 0.25) is 5.91 Å². The van der Waals surface area contributed by atoms with E-state index in [0.717, 1.165) is 10.7 Å². The predicted molar refractivity (Wildman–Crippen MR) is 77.6 cm³/mol. The average Bonchev–Trinajstić information content (AvgIpc) is 2.84. The van der Waals surface area contributed by atoms with Gasteiger partial charge in [0, 0.05) is 30.2 Å². The van der Waals surface area contributed by atoms with Gasteiger partial charge in [0.15, 0.2) is 4.96 Å². The van der Waals surface area contributed by atoms with E-state index in [0.29, 0.717) is 13.1 Å². The van der Waals surface area contributed by atoms with Crippen LogP contribution in [0.5, 0.6) is 0 Å². The number of nitrogens with two attached hydrogens (primary N) is 1. The maximum Gasteiger partial charge on any atom is 0.224 e. The molecule has 2 heterocycles. The van der Waals surface area contributed by atoms with Crippen LogP contribution in [0.2, 0.25) is 0 Å². The fraction of sp³-hybridized carbons (Fsp3) is 0.400. The molecule has 2 rings (SSSR count). The van der Waals surface area contributed by atoms with Crippen LogP contribution in [-0.4, -0.2) is 21.8 Å². The van der Waals surface area contributed by atoms with Crippen LogP contribution in [0.25, 0.3) is 4.96 Å². The minimum atomic E-state index is -0.149. The van der Waals surface area contributed by atoms with Crippen molar-refractivity contribution >= 4 is 47.0 Å². The summed E-state index contributed by atoms with van der Waals surface area (Å²) in [5.41, 5.74) is 6.27. The van der Waals surface area contributed by atoms with Gasteiger partial charge >= 0.3 is 0 Å². The molecule has 0 aliphatic carbocycles. The van der Waals surface area contributed by atoms with Gasteiger partial charge < -0.3 is 11.1 Å². The highest BCUT2D eigenvalue weighted by molar-refractivity contribution is 7.15. The van der Waals surface area contributed by atoms with E-state index in [1.165, 1.54) is 0 Å². The lowest BCUT2D eigenvalue weighted by Gasteiger charge is -2.07. The molecule has 18 heavy (non-hydrogen) atoms. The van der Waals surface area contributed by atoms with Crippen molar-refractivity contribution in [2.75, 3.05) is 6.54 Å². The van der Waals surface area contributed by atoms with Gasteiger partial charge in [-0.3, -0.25) is 9.20 Å². The number of amides is 1. The summed E-state index contributed by atoms with van der Waals surface area (Å²) in [6, 6.07) is 0. The number of halogens is 2. The first-order valence-electron chi connectivity index (χ1n) is 5.09. The van der Waals surface area contributed by atoms with E-state index in [-0.39, 0.29) is 36.6 Å². The molecule has 3 N–H and O–H groups in total. The fourth-order valence-electron chi connectivity index (χ4n) is 1.32. The molecule has 8 heteroatoms. The van der Waals surface area contributed by atoms with Crippen LogP contribution < -0.4 is 11.1 Å². The Hall–Kier alpha value is -0.820. The summed E-state index contributed by atoms with van der Waals surface area (Å²) in [6.45, 7) is 2.63. The van der Waals surface area contributed by atoms with Crippen molar-refractivity contribution in [2.24, 2.45) is 11.7 Å². The number of aromatic nitrogens is 2. The van der Waals surface area contributed by atoms with Gasteiger partial charge in [-0.25, -0.2) is 4.98 Å². The highest BCUT2D eigenvalue weighted by Crippen LogP contribution is 2.11.